The zero-order valence-electron chi connectivity index (χ0n) is 10.8. The fourth-order valence-electron chi connectivity index (χ4n) is 2.02. The van der Waals surface area contributed by atoms with Gasteiger partial charge in [0.15, 0.2) is 0 Å². The van der Waals surface area contributed by atoms with Crippen molar-refractivity contribution in [3.63, 3.8) is 0 Å². The SMILES string of the molecule is Cn1cccc1C(=O)OCCCN1CCOCC1. The lowest BCUT2D eigenvalue weighted by Gasteiger charge is -2.26. The molecule has 2 heterocycles. The van der Waals surface area contributed by atoms with Gasteiger partial charge >= 0.3 is 5.97 Å². The first kappa shape index (κ1) is 13.1. The van der Waals surface area contributed by atoms with Crippen LogP contribution in [0, 0.1) is 0 Å². The molecule has 1 aliphatic heterocycles. The fourth-order valence-corrected chi connectivity index (χ4v) is 2.02. The van der Waals surface area contributed by atoms with Crippen molar-refractivity contribution in [2.24, 2.45) is 7.05 Å². The van der Waals surface area contributed by atoms with Crippen LogP contribution in [0.25, 0.3) is 0 Å². The molecule has 5 nitrogen and oxygen atoms in total. The molecule has 0 spiro atoms. The number of esters is 1. The number of morpholine rings is 1. The minimum atomic E-state index is -0.246. The van der Waals surface area contributed by atoms with Crippen molar-refractivity contribution in [2.75, 3.05) is 39.5 Å². The smallest absolute Gasteiger partial charge is 0.354 e. The van der Waals surface area contributed by atoms with Gasteiger partial charge < -0.3 is 14.0 Å². The maximum absolute atomic E-state index is 11.7. The van der Waals surface area contributed by atoms with Crippen LogP contribution in [0.15, 0.2) is 18.3 Å². The highest BCUT2D eigenvalue weighted by Crippen LogP contribution is 2.03. The van der Waals surface area contributed by atoms with Gasteiger partial charge in [0.2, 0.25) is 0 Å². The molecular formula is C13H20N2O3. The van der Waals surface area contributed by atoms with Gasteiger partial charge in [0, 0.05) is 32.9 Å². The maximum atomic E-state index is 11.7. The Morgan fingerprint density at radius 3 is 2.89 bits per heavy atom. The van der Waals surface area contributed by atoms with Crippen molar-refractivity contribution >= 4 is 5.97 Å². The second kappa shape index (κ2) is 6.56. The van der Waals surface area contributed by atoms with E-state index in [4.69, 9.17) is 9.47 Å². The molecule has 0 aromatic carbocycles. The molecular weight excluding hydrogens is 232 g/mol. The quantitative estimate of drug-likeness (QED) is 0.577. The standard InChI is InChI=1S/C13H20N2O3/c1-14-5-2-4-12(14)13(16)18-9-3-6-15-7-10-17-11-8-15/h2,4-5H,3,6-11H2,1H3. The molecule has 0 bridgehead atoms. The molecule has 0 N–H and O–H groups in total. The van der Waals surface area contributed by atoms with Crippen LogP contribution in [0.5, 0.6) is 0 Å². The number of rotatable bonds is 5. The van der Waals surface area contributed by atoms with Gasteiger partial charge in [0.05, 0.1) is 19.8 Å². The summed E-state index contributed by atoms with van der Waals surface area (Å²) in [6, 6.07) is 3.61. The number of carbonyl (C=O) groups is 1. The van der Waals surface area contributed by atoms with Crippen molar-refractivity contribution in [1.82, 2.24) is 9.47 Å². The maximum Gasteiger partial charge on any atom is 0.354 e. The Balaban J connectivity index is 1.63. The number of aromatic nitrogens is 1. The van der Waals surface area contributed by atoms with Crippen molar-refractivity contribution in [2.45, 2.75) is 6.42 Å². The molecule has 0 aliphatic carbocycles. The number of ether oxygens (including phenoxy) is 2. The third kappa shape index (κ3) is 3.58. The second-order valence-electron chi connectivity index (χ2n) is 4.45. The molecule has 0 atom stereocenters. The molecule has 1 saturated heterocycles. The summed E-state index contributed by atoms with van der Waals surface area (Å²) in [5.41, 5.74) is 0.598. The first-order chi connectivity index (χ1) is 8.77. The van der Waals surface area contributed by atoms with E-state index in [1.807, 2.05) is 19.3 Å². The first-order valence-electron chi connectivity index (χ1n) is 6.36. The molecule has 1 aromatic heterocycles. The van der Waals surface area contributed by atoms with E-state index in [2.05, 4.69) is 4.90 Å². The average Bonchev–Trinajstić information content (AvgIpc) is 2.82. The summed E-state index contributed by atoms with van der Waals surface area (Å²) < 4.78 is 12.3. The number of hydrogen-bond acceptors (Lipinski definition) is 4. The third-order valence-electron chi connectivity index (χ3n) is 3.11. The summed E-state index contributed by atoms with van der Waals surface area (Å²) in [5.74, 6) is -0.246. The predicted octanol–water partition coefficient (Wildman–Crippen LogP) is 0.904. The molecule has 0 unspecified atom stereocenters. The van der Waals surface area contributed by atoms with Gasteiger partial charge in [-0.3, -0.25) is 4.90 Å². The highest BCUT2D eigenvalue weighted by Gasteiger charge is 2.12. The van der Waals surface area contributed by atoms with Crippen LogP contribution in [-0.2, 0) is 16.5 Å². The minimum absolute atomic E-state index is 0.246. The van der Waals surface area contributed by atoms with Crippen molar-refractivity contribution in [3.05, 3.63) is 24.0 Å². The lowest BCUT2D eigenvalue weighted by molar-refractivity contribution is 0.0295. The van der Waals surface area contributed by atoms with E-state index < -0.39 is 0 Å². The van der Waals surface area contributed by atoms with E-state index in [-0.39, 0.29) is 5.97 Å². The van der Waals surface area contributed by atoms with Crippen molar-refractivity contribution < 1.29 is 14.3 Å². The second-order valence-corrected chi connectivity index (χ2v) is 4.45. The van der Waals surface area contributed by atoms with E-state index in [0.29, 0.717) is 12.3 Å². The molecule has 1 aliphatic rings. The zero-order chi connectivity index (χ0) is 12.8. The topological polar surface area (TPSA) is 43.7 Å². The molecule has 2 rings (SSSR count). The average molecular weight is 252 g/mol. The number of nitrogens with zero attached hydrogens (tertiary/aromatic N) is 2. The summed E-state index contributed by atoms with van der Waals surface area (Å²) in [6.07, 6.45) is 2.71. The molecule has 1 fully saturated rings. The monoisotopic (exact) mass is 252 g/mol. The van der Waals surface area contributed by atoms with Gasteiger partial charge in [-0.2, -0.15) is 0 Å². The fraction of sp³-hybridized carbons (Fsp3) is 0.615. The van der Waals surface area contributed by atoms with Gasteiger partial charge in [0.25, 0.3) is 0 Å². The highest BCUT2D eigenvalue weighted by molar-refractivity contribution is 5.87. The minimum Gasteiger partial charge on any atom is -0.461 e. The lowest BCUT2D eigenvalue weighted by Crippen LogP contribution is -2.37. The van der Waals surface area contributed by atoms with Crippen LogP contribution in [0.4, 0.5) is 0 Å². The third-order valence-corrected chi connectivity index (χ3v) is 3.11. The highest BCUT2D eigenvalue weighted by atomic mass is 16.5. The van der Waals surface area contributed by atoms with Crippen LogP contribution in [0.3, 0.4) is 0 Å². The number of aryl methyl sites for hydroxylation is 1. The van der Waals surface area contributed by atoms with E-state index in [0.717, 1.165) is 39.3 Å². The van der Waals surface area contributed by atoms with Crippen molar-refractivity contribution in [1.29, 1.82) is 0 Å². The van der Waals surface area contributed by atoms with Crippen LogP contribution in [-0.4, -0.2) is 54.9 Å². The van der Waals surface area contributed by atoms with E-state index in [9.17, 15) is 4.79 Å². The summed E-state index contributed by atoms with van der Waals surface area (Å²) in [7, 11) is 1.84. The van der Waals surface area contributed by atoms with Gasteiger partial charge in [-0.1, -0.05) is 0 Å². The Hall–Kier alpha value is -1.33. The Kier molecular flexibility index (Phi) is 4.78. The Morgan fingerprint density at radius 1 is 1.44 bits per heavy atom. The summed E-state index contributed by atoms with van der Waals surface area (Å²) in [6.45, 7) is 5.01. The molecule has 5 heteroatoms. The molecule has 0 amide bonds. The predicted molar refractivity (Wildman–Crippen MR) is 67.6 cm³/mol. The number of hydrogen-bond donors (Lipinski definition) is 0. The Bertz CT molecular complexity index is 383. The first-order valence-corrected chi connectivity index (χ1v) is 6.36. The molecule has 100 valence electrons. The van der Waals surface area contributed by atoms with Gasteiger partial charge in [0.1, 0.15) is 5.69 Å². The van der Waals surface area contributed by atoms with Gasteiger partial charge in [-0.05, 0) is 18.6 Å². The molecule has 18 heavy (non-hydrogen) atoms. The molecule has 0 saturated carbocycles. The summed E-state index contributed by atoms with van der Waals surface area (Å²) in [4.78, 5) is 14.0. The van der Waals surface area contributed by atoms with E-state index in [1.165, 1.54) is 0 Å². The van der Waals surface area contributed by atoms with Crippen LogP contribution < -0.4 is 0 Å². The Morgan fingerprint density at radius 2 is 2.22 bits per heavy atom. The zero-order valence-corrected chi connectivity index (χ0v) is 10.8. The molecule has 1 aromatic rings. The Labute approximate surface area is 107 Å². The van der Waals surface area contributed by atoms with E-state index >= 15 is 0 Å². The largest absolute Gasteiger partial charge is 0.461 e. The summed E-state index contributed by atoms with van der Waals surface area (Å²) in [5, 5.41) is 0. The van der Waals surface area contributed by atoms with Crippen LogP contribution in [0.2, 0.25) is 0 Å². The summed E-state index contributed by atoms with van der Waals surface area (Å²) >= 11 is 0. The molecule has 0 radical (unpaired) electrons. The number of carbonyl (C=O) groups excluding carboxylic acids is 1. The van der Waals surface area contributed by atoms with Crippen LogP contribution >= 0.6 is 0 Å². The lowest BCUT2D eigenvalue weighted by atomic mass is 10.3. The normalized spacial score (nSPS) is 16.7. The van der Waals surface area contributed by atoms with Gasteiger partial charge in [-0.15, -0.1) is 0 Å². The van der Waals surface area contributed by atoms with E-state index in [1.54, 1.807) is 10.6 Å². The van der Waals surface area contributed by atoms with Crippen molar-refractivity contribution in [3.8, 4) is 0 Å². The van der Waals surface area contributed by atoms with Gasteiger partial charge in [-0.25, -0.2) is 4.79 Å². The van der Waals surface area contributed by atoms with Crippen LogP contribution in [0.1, 0.15) is 16.9 Å².